The van der Waals surface area contributed by atoms with Crippen LogP contribution in [0.4, 0.5) is 4.39 Å². The van der Waals surface area contributed by atoms with Crippen molar-refractivity contribution < 1.29 is 13.2 Å². The van der Waals surface area contributed by atoms with Crippen LogP contribution in [0, 0.1) is 19.7 Å². The van der Waals surface area contributed by atoms with Gasteiger partial charge in [-0.3, -0.25) is 0 Å². The lowest BCUT2D eigenvalue weighted by Gasteiger charge is -2.11. The molecule has 0 spiro atoms. The van der Waals surface area contributed by atoms with E-state index in [1.165, 1.54) is 33.9 Å². The van der Waals surface area contributed by atoms with E-state index in [1.54, 1.807) is 6.07 Å². The lowest BCUT2D eigenvalue weighted by Crippen LogP contribution is -1.98. The van der Waals surface area contributed by atoms with Gasteiger partial charge < -0.3 is 4.55 Å². The van der Waals surface area contributed by atoms with Crippen LogP contribution in [0.3, 0.4) is 0 Å². The van der Waals surface area contributed by atoms with Gasteiger partial charge in [-0.1, -0.05) is 41.5 Å². The van der Waals surface area contributed by atoms with Crippen LogP contribution in [-0.4, -0.2) is 8.76 Å². The minimum Gasteiger partial charge on any atom is -0.306 e. The molecule has 0 bridgehead atoms. The summed E-state index contributed by atoms with van der Waals surface area (Å²) in [5, 5.41) is 0. The first-order valence-electron chi connectivity index (χ1n) is 8.11. The van der Waals surface area contributed by atoms with Gasteiger partial charge in [-0.15, -0.1) is 0 Å². The van der Waals surface area contributed by atoms with Gasteiger partial charge in [0.05, 0.1) is 5.75 Å². The van der Waals surface area contributed by atoms with Crippen LogP contribution in [0.2, 0.25) is 0 Å². The molecule has 4 heteroatoms. The van der Waals surface area contributed by atoms with Crippen molar-refractivity contribution in [2.24, 2.45) is 0 Å². The topological polar surface area (TPSA) is 37.3 Å². The van der Waals surface area contributed by atoms with Gasteiger partial charge in [0.2, 0.25) is 0 Å². The maximum Gasteiger partial charge on any atom is 0.157 e. The molecule has 2 aromatic rings. The van der Waals surface area contributed by atoms with Gasteiger partial charge in [0.15, 0.2) is 11.1 Å². The van der Waals surface area contributed by atoms with E-state index < -0.39 is 16.9 Å². The van der Waals surface area contributed by atoms with Crippen molar-refractivity contribution in [3.63, 3.8) is 0 Å². The molecule has 0 heterocycles. The summed E-state index contributed by atoms with van der Waals surface area (Å²) in [6.07, 6.45) is 3.01. The molecule has 1 aliphatic carbocycles. The largest absolute Gasteiger partial charge is 0.306 e. The highest BCUT2D eigenvalue weighted by Gasteiger charge is 2.19. The van der Waals surface area contributed by atoms with Crippen molar-refractivity contribution >= 4 is 22.2 Å². The van der Waals surface area contributed by atoms with Gasteiger partial charge in [0.25, 0.3) is 0 Å². The second-order valence-corrected chi connectivity index (χ2v) is 7.39. The Labute approximate surface area is 144 Å². The van der Waals surface area contributed by atoms with Gasteiger partial charge in [-0.2, -0.15) is 0 Å². The molecule has 0 radical (unpaired) electrons. The van der Waals surface area contributed by atoms with Gasteiger partial charge in [-0.05, 0) is 61.4 Å². The molecule has 0 saturated carbocycles. The zero-order chi connectivity index (χ0) is 17.3. The first kappa shape index (κ1) is 17.1. The zero-order valence-corrected chi connectivity index (χ0v) is 14.8. The van der Waals surface area contributed by atoms with Crippen molar-refractivity contribution in [2.45, 2.75) is 38.9 Å². The Balaban J connectivity index is 2.03. The van der Waals surface area contributed by atoms with Crippen LogP contribution in [0.5, 0.6) is 0 Å². The van der Waals surface area contributed by atoms with E-state index in [9.17, 15) is 8.60 Å². The average Bonchev–Trinajstić information content (AvgIpc) is 2.97. The van der Waals surface area contributed by atoms with E-state index in [0.717, 1.165) is 24.8 Å². The first-order valence-corrected chi connectivity index (χ1v) is 9.38. The second-order valence-electron chi connectivity index (χ2n) is 6.46. The summed E-state index contributed by atoms with van der Waals surface area (Å²) < 4.78 is 34.1. The Morgan fingerprint density at radius 2 is 1.62 bits per heavy atom. The molecule has 2 aromatic carbocycles. The van der Waals surface area contributed by atoms with Crippen molar-refractivity contribution in [1.29, 1.82) is 0 Å². The van der Waals surface area contributed by atoms with E-state index in [-0.39, 0.29) is 11.3 Å². The van der Waals surface area contributed by atoms with E-state index in [4.69, 9.17) is 4.55 Å². The normalized spacial score (nSPS) is 15.8. The van der Waals surface area contributed by atoms with Gasteiger partial charge in [-0.25, -0.2) is 8.60 Å². The fourth-order valence-electron chi connectivity index (χ4n) is 3.51. The second kappa shape index (κ2) is 6.99. The summed E-state index contributed by atoms with van der Waals surface area (Å²) in [7, 11) is 0. The highest BCUT2D eigenvalue weighted by molar-refractivity contribution is 7.78. The molecular formula is C20H21FO2S. The fraction of sp³-hybridized carbons (Fsp3) is 0.300. The molecule has 0 saturated heterocycles. The van der Waals surface area contributed by atoms with E-state index in [1.807, 2.05) is 6.07 Å². The Bertz CT molecular complexity index is 819. The SMILES string of the molecule is Cc1cc(C)cc(C2=C(c3ccc(CS(=O)O)c(F)c3)CCC2)c1. The monoisotopic (exact) mass is 344 g/mol. The fourth-order valence-corrected chi connectivity index (χ4v) is 4.02. The number of halogens is 1. The Kier molecular flexibility index (Phi) is 4.97. The van der Waals surface area contributed by atoms with Crippen LogP contribution in [0.25, 0.3) is 11.1 Å². The predicted octanol–water partition coefficient (Wildman–Crippen LogP) is 5.26. The smallest absolute Gasteiger partial charge is 0.157 e. The van der Waals surface area contributed by atoms with Crippen molar-refractivity contribution in [1.82, 2.24) is 0 Å². The molecule has 3 rings (SSSR count). The van der Waals surface area contributed by atoms with E-state index in [2.05, 4.69) is 32.0 Å². The predicted molar refractivity (Wildman–Crippen MR) is 97.5 cm³/mol. The quantitative estimate of drug-likeness (QED) is 0.768. The molecule has 0 aromatic heterocycles. The molecule has 1 aliphatic rings. The standard InChI is InChI=1S/C20H21FO2S/c1-13-8-14(2)10-17(9-13)19-5-3-4-18(19)15-6-7-16(12-24(22)23)20(21)11-15/h6-11H,3-5,12H2,1-2H3,(H,22,23). The first-order chi connectivity index (χ1) is 11.4. The molecule has 0 amide bonds. The summed E-state index contributed by atoms with van der Waals surface area (Å²) in [4.78, 5) is 0. The van der Waals surface area contributed by atoms with Crippen molar-refractivity contribution in [3.05, 3.63) is 70.0 Å². The summed E-state index contributed by atoms with van der Waals surface area (Å²) in [5.41, 5.74) is 7.33. The van der Waals surface area contributed by atoms with Crippen LogP contribution in [0.15, 0.2) is 36.4 Å². The lowest BCUT2D eigenvalue weighted by atomic mass is 9.94. The molecular weight excluding hydrogens is 323 g/mol. The van der Waals surface area contributed by atoms with Crippen LogP contribution in [-0.2, 0) is 16.8 Å². The molecule has 126 valence electrons. The van der Waals surface area contributed by atoms with E-state index in [0.29, 0.717) is 0 Å². The van der Waals surface area contributed by atoms with Gasteiger partial charge in [0.1, 0.15) is 5.82 Å². The van der Waals surface area contributed by atoms with Crippen LogP contribution in [0.1, 0.15) is 47.1 Å². The van der Waals surface area contributed by atoms with Crippen molar-refractivity contribution in [3.8, 4) is 0 Å². The molecule has 1 unspecified atom stereocenters. The number of aryl methyl sites for hydroxylation is 2. The Morgan fingerprint density at radius 3 is 2.21 bits per heavy atom. The molecule has 1 atom stereocenters. The molecule has 0 aliphatic heterocycles. The molecule has 2 nitrogen and oxygen atoms in total. The Hall–Kier alpha value is -1.78. The number of allylic oxidation sites excluding steroid dienone is 2. The third-order valence-corrected chi connectivity index (χ3v) is 5.03. The van der Waals surface area contributed by atoms with Gasteiger partial charge in [0, 0.05) is 5.56 Å². The maximum absolute atomic E-state index is 14.3. The number of benzene rings is 2. The summed E-state index contributed by atoms with van der Waals surface area (Å²) >= 11 is -2.03. The van der Waals surface area contributed by atoms with Crippen LogP contribution < -0.4 is 0 Å². The lowest BCUT2D eigenvalue weighted by molar-refractivity contribution is 0.559. The van der Waals surface area contributed by atoms with Crippen molar-refractivity contribution in [2.75, 3.05) is 0 Å². The molecule has 0 fully saturated rings. The number of hydrogen-bond acceptors (Lipinski definition) is 1. The third kappa shape index (κ3) is 3.65. The minimum absolute atomic E-state index is 0.172. The maximum atomic E-state index is 14.3. The van der Waals surface area contributed by atoms with E-state index >= 15 is 0 Å². The summed E-state index contributed by atoms with van der Waals surface area (Å²) in [5.74, 6) is -0.580. The van der Waals surface area contributed by atoms with Crippen LogP contribution >= 0.6 is 0 Å². The summed E-state index contributed by atoms with van der Waals surface area (Å²) in [6.45, 7) is 4.18. The minimum atomic E-state index is -2.03. The van der Waals surface area contributed by atoms with Gasteiger partial charge >= 0.3 is 0 Å². The molecule has 24 heavy (non-hydrogen) atoms. The number of hydrogen-bond donors (Lipinski definition) is 1. The highest BCUT2D eigenvalue weighted by Crippen LogP contribution is 2.40. The number of rotatable bonds is 4. The molecule has 1 N–H and O–H groups in total. The average molecular weight is 344 g/mol. The third-order valence-electron chi connectivity index (χ3n) is 4.47. The Morgan fingerprint density at radius 1 is 1.00 bits per heavy atom. The highest BCUT2D eigenvalue weighted by atomic mass is 32.2. The zero-order valence-electron chi connectivity index (χ0n) is 13.9. The summed E-state index contributed by atoms with van der Waals surface area (Å²) in [6, 6.07) is 11.5.